The van der Waals surface area contributed by atoms with E-state index < -0.39 is 14.6 Å². The second kappa shape index (κ2) is 1.95. The van der Waals surface area contributed by atoms with Crippen LogP contribution in [-0.4, -0.2) is 25.0 Å². The molecular formula is C6H13NO2S. The number of sulfone groups is 1. The Kier molecular flexibility index (Phi) is 1.56. The minimum Gasteiger partial charge on any atom is -0.327 e. The molecule has 1 atom stereocenters. The van der Waals surface area contributed by atoms with Gasteiger partial charge in [-0.2, -0.15) is 0 Å². The highest BCUT2D eigenvalue weighted by atomic mass is 32.2. The molecule has 2 N–H and O–H groups in total. The summed E-state index contributed by atoms with van der Waals surface area (Å²) in [4.78, 5) is 0. The van der Waals surface area contributed by atoms with Crippen molar-refractivity contribution in [1.82, 2.24) is 0 Å². The van der Waals surface area contributed by atoms with Gasteiger partial charge in [0.1, 0.15) is 0 Å². The monoisotopic (exact) mass is 163 g/mol. The Hall–Kier alpha value is -0.0900. The van der Waals surface area contributed by atoms with Gasteiger partial charge in [0.15, 0.2) is 9.84 Å². The summed E-state index contributed by atoms with van der Waals surface area (Å²) in [5.41, 5.74) is 5.51. The van der Waals surface area contributed by atoms with Gasteiger partial charge in [-0.25, -0.2) is 8.42 Å². The fourth-order valence-corrected chi connectivity index (χ4v) is 2.93. The van der Waals surface area contributed by atoms with Crippen LogP contribution in [0.3, 0.4) is 0 Å². The maximum absolute atomic E-state index is 11.2. The summed E-state index contributed by atoms with van der Waals surface area (Å²) in [7, 11) is -2.90. The minimum atomic E-state index is -2.90. The third kappa shape index (κ3) is 1.06. The van der Waals surface area contributed by atoms with Crippen molar-refractivity contribution in [2.45, 2.75) is 31.1 Å². The third-order valence-electron chi connectivity index (χ3n) is 2.03. The van der Waals surface area contributed by atoms with Crippen molar-refractivity contribution in [2.75, 3.05) is 5.75 Å². The minimum absolute atomic E-state index is 0.153. The largest absolute Gasteiger partial charge is 0.327 e. The number of nitrogens with two attached hydrogens (primary N) is 1. The quantitative estimate of drug-likeness (QED) is 0.543. The van der Waals surface area contributed by atoms with Crippen LogP contribution in [0, 0.1) is 0 Å². The molecule has 1 fully saturated rings. The average Bonchev–Trinajstić information content (AvgIpc) is 1.73. The standard InChI is InChI=1S/C6H13NO2S/c1-6(2)3-5(7)4-10(6,8)9/h5H,3-4,7H2,1-2H3. The van der Waals surface area contributed by atoms with Crippen LogP contribution in [0.2, 0.25) is 0 Å². The molecule has 1 rings (SSSR count). The Balaban J connectivity index is 3.01. The van der Waals surface area contributed by atoms with Gasteiger partial charge in [0.2, 0.25) is 0 Å². The third-order valence-corrected chi connectivity index (χ3v) is 4.75. The highest BCUT2D eigenvalue weighted by Gasteiger charge is 2.43. The molecule has 0 aliphatic carbocycles. The second-order valence-corrected chi connectivity index (χ2v) is 6.17. The van der Waals surface area contributed by atoms with Crippen LogP contribution in [0.15, 0.2) is 0 Å². The Labute approximate surface area is 61.5 Å². The molecule has 3 nitrogen and oxygen atoms in total. The van der Waals surface area contributed by atoms with Gasteiger partial charge < -0.3 is 5.73 Å². The van der Waals surface area contributed by atoms with Crippen LogP contribution in [-0.2, 0) is 9.84 Å². The first-order valence-electron chi connectivity index (χ1n) is 3.33. The molecule has 4 heteroatoms. The summed E-state index contributed by atoms with van der Waals surface area (Å²) in [6.45, 7) is 3.46. The maximum atomic E-state index is 11.2. The molecule has 0 amide bonds. The van der Waals surface area contributed by atoms with Gasteiger partial charge in [-0.1, -0.05) is 0 Å². The molecule has 60 valence electrons. The lowest BCUT2D eigenvalue weighted by atomic mass is 10.1. The summed E-state index contributed by atoms with van der Waals surface area (Å²) in [6.07, 6.45) is 0.593. The Morgan fingerprint density at radius 2 is 2.00 bits per heavy atom. The van der Waals surface area contributed by atoms with E-state index in [1.807, 2.05) is 0 Å². The van der Waals surface area contributed by atoms with Crippen LogP contribution >= 0.6 is 0 Å². The summed E-state index contributed by atoms with van der Waals surface area (Å²) < 4.78 is 21.8. The smallest absolute Gasteiger partial charge is 0.157 e. The lowest BCUT2D eigenvalue weighted by Crippen LogP contribution is -2.26. The average molecular weight is 163 g/mol. The van der Waals surface area contributed by atoms with E-state index in [1.54, 1.807) is 13.8 Å². The zero-order valence-electron chi connectivity index (χ0n) is 6.29. The van der Waals surface area contributed by atoms with E-state index in [-0.39, 0.29) is 11.8 Å². The number of hydrogen-bond acceptors (Lipinski definition) is 3. The van der Waals surface area contributed by atoms with Gasteiger partial charge in [0.25, 0.3) is 0 Å². The Morgan fingerprint density at radius 1 is 1.50 bits per heavy atom. The summed E-state index contributed by atoms with van der Waals surface area (Å²) in [5, 5.41) is 0. The lowest BCUT2D eigenvalue weighted by molar-refractivity contribution is 0.548. The molecule has 0 saturated carbocycles. The molecule has 1 aliphatic rings. The predicted molar refractivity (Wildman–Crippen MR) is 40.5 cm³/mol. The van der Waals surface area contributed by atoms with E-state index in [2.05, 4.69) is 0 Å². The fourth-order valence-electron chi connectivity index (χ4n) is 1.32. The highest BCUT2D eigenvalue weighted by Crippen LogP contribution is 2.30. The van der Waals surface area contributed by atoms with E-state index in [0.717, 1.165) is 0 Å². The second-order valence-electron chi connectivity index (χ2n) is 3.51. The van der Waals surface area contributed by atoms with Gasteiger partial charge in [-0.15, -0.1) is 0 Å². The van der Waals surface area contributed by atoms with Gasteiger partial charge in [0.05, 0.1) is 10.5 Å². The van der Waals surface area contributed by atoms with Crippen molar-refractivity contribution in [3.8, 4) is 0 Å². The molecule has 0 aromatic carbocycles. The van der Waals surface area contributed by atoms with Crippen molar-refractivity contribution >= 4 is 9.84 Å². The summed E-state index contributed by atoms with van der Waals surface area (Å²) >= 11 is 0. The zero-order chi connectivity index (χ0) is 7.99. The molecule has 1 saturated heterocycles. The predicted octanol–water partition coefficient (Wildman–Crippen LogP) is -0.0892. The van der Waals surface area contributed by atoms with Gasteiger partial charge in [-0.05, 0) is 20.3 Å². The van der Waals surface area contributed by atoms with Crippen LogP contribution < -0.4 is 5.73 Å². The highest BCUT2D eigenvalue weighted by molar-refractivity contribution is 7.93. The van der Waals surface area contributed by atoms with Crippen LogP contribution in [0.5, 0.6) is 0 Å². The first-order chi connectivity index (χ1) is 4.35. The van der Waals surface area contributed by atoms with Crippen LogP contribution in [0.4, 0.5) is 0 Å². The molecule has 0 spiro atoms. The summed E-state index contributed by atoms with van der Waals surface area (Å²) in [6, 6.07) is -0.153. The molecule has 0 radical (unpaired) electrons. The molecule has 1 unspecified atom stereocenters. The van der Waals surface area contributed by atoms with Crippen molar-refractivity contribution in [3.63, 3.8) is 0 Å². The van der Waals surface area contributed by atoms with E-state index in [0.29, 0.717) is 6.42 Å². The Morgan fingerprint density at radius 3 is 2.10 bits per heavy atom. The number of hydrogen-bond donors (Lipinski definition) is 1. The fraction of sp³-hybridized carbons (Fsp3) is 1.00. The molecular weight excluding hydrogens is 150 g/mol. The number of rotatable bonds is 0. The van der Waals surface area contributed by atoms with Gasteiger partial charge in [-0.3, -0.25) is 0 Å². The zero-order valence-corrected chi connectivity index (χ0v) is 7.11. The van der Waals surface area contributed by atoms with Gasteiger partial charge >= 0.3 is 0 Å². The summed E-state index contributed by atoms with van der Waals surface area (Å²) in [5.74, 6) is 0.153. The van der Waals surface area contributed by atoms with Gasteiger partial charge in [0, 0.05) is 6.04 Å². The van der Waals surface area contributed by atoms with E-state index in [9.17, 15) is 8.42 Å². The topological polar surface area (TPSA) is 60.2 Å². The molecule has 1 heterocycles. The van der Waals surface area contributed by atoms with E-state index in [1.165, 1.54) is 0 Å². The van der Waals surface area contributed by atoms with Crippen molar-refractivity contribution in [1.29, 1.82) is 0 Å². The van der Waals surface area contributed by atoms with E-state index >= 15 is 0 Å². The van der Waals surface area contributed by atoms with Crippen LogP contribution in [0.25, 0.3) is 0 Å². The Bertz CT molecular complexity index is 230. The molecule has 0 bridgehead atoms. The van der Waals surface area contributed by atoms with Crippen molar-refractivity contribution < 1.29 is 8.42 Å². The maximum Gasteiger partial charge on any atom is 0.157 e. The molecule has 0 aromatic heterocycles. The normalized spacial score (nSPS) is 36.1. The molecule has 1 aliphatic heterocycles. The SMILES string of the molecule is CC1(C)CC(N)CS1(=O)=O. The first kappa shape index (κ1) is 8.01. The molecule has 10 heavy (non-hydrogen) atoms. The van der Waals surface area contributed by atoms with Crippen molar-refractivity contribution in [3.05, 3.63) is 0 Å². The van der Waals surface area contributed by atoms with Crippen LogP contribution in [0.1, 0.15) is 20.3 Å². The molecule has 0 aromatic rings. The van der Waals surface area contributed by atoms with E-state index in [4.69, 9.17) is 5.73 Å². The van der Waals surface area contributed by atoms with Crippen molar-refractivity contribution in [2.24, 2.45) is 5.73 Å². The first-order valence-corrected chi connectivity index (χ1v) is 4.98. The lowest BCUT2D eigenvalue weighted by Gasteiger charge is -2.14.